The molecule has 0 spiro atoms. The van der Waals surface area contributed by atoms with Crippen LogP contribution < -0.4 is 10.1 Å². The van der Waals surface area contributed by atoms with Crippen LogP contribution in [0.15, 0.2) is 60.8 Å². The van der Waals surface area contributed by atoms with Crippen LogP contribution in [0.2, 0.25) is 0 Å². The van der Waals surface area contributed by atoms with Gasteiger partial charge in [-0.15, -0.1) is 0 Å². The zero-order chi connectivity index (χ0) is 21.3. The molecular weight excluding hydrogens is 383 g/mol. The lowest BCUT2D eigenvalue weighted by Crippen LogP contribution is -2.15. The quantitative estimate of drug-likeness (QED) is 0.477. The molecule has 6 nitrogen and oxygen atoms in total. The minimum atomic E-state index is -0.586. The van der Waals surface area contributed by atoms with Crippen LogP contribution in [0.25, 0.3) is 11.0 Å². The van der Waals surface area contributed by atoms with E-state index >= 15 is 0 Å². The second-order valence-electron chi connectivity index (χ2n) is 7.21. The van der Waals surface area contributed by atoms with Crippen molar-refractivity contribution in [1.29, 1.82) is 0 Å². The molecule has 1 amide bonds. The van der Waals surface area contributed by atoms with Gasteiger partial charge >= 0.3 is 0 Å². The first kappa shape index (κ1) is 19.6. The molecule has 152 valence electrons. The Morgan fingerprint density at radius 2 is 1.90 bits per heavy atom. The monoisotopic (exact) mass is 404 g/mol. The number of nitrogens with zero attached hydrogens (tertiary/aromatic N) is 3. The fourth-order valence-corrected chi connectivity index (χ4v) is 3.22. The number of carbonyl (C=O) groups excluding carboxylic acids is 1. The number of benzene rings is 2. The summed E-state index contributed by atoms with van der Waals surface area (Å²) in [5.74, 6) is -0.290. The fourth-order valence-electron chi connectivity index (χ4n) is 3.22. The summed E-state index contributed by atoms with van der Waals surface area (Å²) >= 11 is 0. The topological polar surface area (TPSA) is 69.0 Å². The molecule has 0 aliphatic carbocycles. The number of anilines is 1. The summed E-state index contributed by atoms with van der Waals surface area (Å²) in [6.45, 7) is 5.78. The Bertz CT molecular complexity index is 1220. The predicted octanol–water partition coefficient (Wildman–Crippen LogP) is 5.50. The van der Waals surface area contributed by atoms with Crippen molar-refractivity contribution in [3.05, 3.63) is 77.9 Å². The summed E-state index contributed by atoms with van der Waals surface area (Å²) in [5, 5.41) is 7.63. The third kappa shape index (κ3) is 3.74. The Balaban J connectivity index is 1.72. The zero-order valence-electron chi connectivity index (χ0n) is 16.9. The van der Waals surface area contributed by atoms with Crippen molar-refractivity contribution in [2.75, 3.05) is 5.32 Å². The standard InChI is InChI=1S/C23H21FN4O2/c1-14(2)28-22-18(13-25-28)17(12-15(3)26-22)23(29)27-21-19(24)10-7-11-20(21)30-16-8-5-4-6-9-16/h4-14H,1-3H3,(H,27,29). The number of aryl methyl sites for hydroxylation is 1. The normalized spacial score (nSPS) is 11.1. The molecule has 0 aliphatic rings. The molecule has 2 heterocycles. The summed E-state index contributed by atoms with van der Waals surface area (Å²) in [7, 11) is 0. The molecule has 2 aromatic heterocycles. The average molecular weight is 404 g/mol. The number of rotatable bonds is 5. The van der Waals surface area contributed by atoms with Crippen LogP contribution >= 0.6 is 0 Å². The van der Waals surface area contributed by atoms with Gasteiger partial charge in [-0.1, -0.05) is 24.3 Å². The molecule has 0 saturated carbocycles. The second kappa shape index (κ2) is 7.94. The first-order valence-corrected chi connectivity index (χ1v) is 9.61. The number of hydrogen-bond acceptors (Lipinski definition) is 4. The number of pyridine rings is 1. The van der Waals surface area contributed by atoms with Crippen molar-refractivity contribution in [3.8, 4) is 11.5 Å². The fraction of sp³-hybridized carbons (Fsp3) is 0.174. The van der Waals surface area contributed by atoms with Crippen molar-refractivity contribution < 1.29 is 13.9 Å². The molecule has 4 rings (SSSR count). The Hall–Kier alpha value is -3.74. The summed E-state index contributed by atoms with van der Waals surface area (Å²) in [4.78, 5) is 17.6. The lowest BCUT2D eigenvalue weighted by Gasteiger charge is -2.14. The smallest absolute Gasteiger partial charge is 0.256 e. The minimum absolute atomic E-state index is 0.0229. The minimum Gasteiger partial charge on any atom is -0.455 e. The summed E-state index contributed by atoms with van der Waals surface area (Å²) in [6, 6.07) is 15.2. The van der Waals surface area contributed by atoms with E-state index in [2.05, 4.69) is 15.4 Å². The van der Waals surface area contributed by atoms with Crippen LogP contribution in [-0.2, 0) is 0 Å². The number of amides is 1. The molecule has 0 saturated heterocycles. The van der Waals surface area contributed by atoms with E-state index < -0.39 is 11.7 Å². The van der Waals surface area contributed by atoms with Crippen molar-refractivity contribution >= 4 is 22.6 Å². The van der Waals surface area contributed by atoms with Crippen LogP contribution in [0.4, 0.5) is 10.1 Å². The van der Waals surface area contributed by atoms with E-state index in [4.69, 9.17) is 4.74 Å². The van der Waals surface area contributed by atoms with Crippen LogP contribution in [0.1, 0.15) is 35.9 Å². The molecule has 7 heteroatoms. The van der Waals surface area contributed by atoms with E-state index in [-0.39, 0.29) is 17.5 Å². The van der Waals surface area contributed by atoms with E-state index in [1.807, 2.05) is 32.0 Å². The number of carbonyl (C=O) groups is 1. The van der Waals surface area contributed by atoms with Crippen LogP contribution in [0.5, 0.6) is 11.5 Å². The van der Waals surface area contributed by atoms with Gasteiger partial charge < -0.3 is 10.1 Å². The van der Waals surface area contributed by atoms with Gasteiger partial charge in [0.15, 0.2) is 17.2 Å². The third-order valence-electron chi connectivity index (χ3n) is 4.61. The van der Waals surface area contributed by atoms with Crippen LogP contribution in [-0.4, -0.2) is 20.7 Å². The van der Waals surface area contributed by atoms with Gasteiger partial charge in [0.1, 0.15) is 11.4 Å². The Morgan fingerprint density at radius 1 is 1.13 bits per heavy atom. The lowest BCUT2D eigenvalue weighted by molar-refractivity contribution is 0.102. The van der Waals surface area contributed by atoms with Gasteiger partial charge in [-0.25, -0.2) is 14.1 Å². The second-order valence-corrected chi connectivity index (χ2v) is 7.21. The van der Waals surface area contributed by atoms with Crippen molar-refractivity contribution in [3.63, 3.8) is 0 Å². The number of hydrogen-bond donors (Lipinski definition) is 1. The highest BCUT2D eigenvalue weighted by atomic mass is 19.1. The van der Waals surface area contributed by atoms with Gasteiger partial charge in [0, 0.05) is 11.7 Å². The maximum Gasteiger partial charge on any atom is 0.256 e. The molecule has 1 N–H and O–H groups in total. The molecular formula is C23H21FN4O2. The Kier molecular flexibility index (Phi) is 5.18. The SMILES string of the molecule is Cc1cc(C(=O)Nc2c(F)cccc2Oc2ccccc2)c2cnn(C(C)C)c2n1. The highest BCUT2D eigenvalue weighted by molar-refractivity contribution is 6.12. The molecule has 0 bridgehead atoms. The maximum absolute atomic E-state index is 14.6. The molecule has 0 unspecified atom stereocenters. The summed E-state index contributed by atoms with van der Waals surface area (Å²) in [5.41, 5.74) is 1.64. The predicted molar refractivity (Wildman–Crippen MR) is 114 cm³/mol. The number of nitrogens with one attached hydrogen (secondary N) is 1. The number of aromatic nitrogens is 3. The number of ether oxygens (including phenoxy) is 1. The van der Waals surface area contributed by atoms with Gasteiger partial charge in [-0.05, 0) is 51.1 Å². The van der Waals surface area contributed by atoms with E-state index in [1.54, 1.807) is 42.1 Å². The largest absolute Gasteiger partial charge is 0.455 e. The molecule has 30 heavy (non-hydrogen) atoms. The molecule has 0 radical (unpaired) electrons. The summed E-state index contributed by atoms with van der Waals surface area (Å²) in [6.07, 6.45) is 1.61. The lowest BCUT2D eigenvalue weighted by atomic mass is 10.1. The van der Waals surface area contributed by atoms with Gasteiger partial charge in [0.2, 0.25) is 0 Å². The van der Waals surface area contributed by atoms with E-state index in [1.165, 1.54) is 12.1 Å². The van der Waals surface area contributed by atoms with Crippen molar-refractivity contribution in [2.24, 2.45) is 0 Å². The van der Waals surface area contributed by atoms with Gasteiger partial charge in [-0.3, -0.25) is 4.79 Å². The Labute approximate surface area is 173 Å². The molecule has 0 aliphatic heterocycles. The van der Waals surface area contributed by atoms with E-state index in [9.17, 15) is 9.18 Å². The van der Waals surface area contributed by atoms with Gasteiger partial charge in [0.05, 0.1) is 17.1 Å². The van der Waals surface area contributed by atoms with E-state index in [0.717, 1.165) is 0 Å². The first-order valence-electron chi connectivity index (χ1n) is 9.61. The van der Waals surface area contributed by atoms with Gasteiger partial charge in [0.25, 0.3) is 5.91 Å². The molecule has 4 aromatic rings. The zero-order valence-corrected chi connectivity index (χ0v) is 16.9. The molecule has 2 aromatic carbocycles. The van der Waals surface area contributed by atoms with Crippen molar-refractivity contribution in [2.45, 2.75) is 26.8 Å². The molecule has 0 fully saturated rings. The first-order chi connectivity index (χ1) is 14.4. The Morgan fingerprint density at radius 3 is 2.63 bits per heavy atom. The van der Waals surface area contributed by atoms with Crippen LogP contribution in [0.3, 0.4) is 0 Å². The number of fused-ring (bicyclic) bond motifs is 1. The molecule has 0 atom stereocenters. The maximum atomic E-state index is 14.6. The highest BCUT2D eigenvalue weighted by Crippen LogP contribution is 2.32. The van der Waals surface area contributed by atoms with Crippen LogP contribution in [0, 0.1) is 12.7 Å². The summed E-state index contributed by atoms with van der Waals surface area (Å²) < 4.78 is 22.2. The van der Waals surface area contributed by atoms with Gasteiger partial charge in [-0.2, -0.15) is 5.10 Å². The van der Waals surface area contributed by atoms with E-state index in [0.29, 0.717) is 28.0 Å². The third-order valence-corrected chi connectivity index (χ3v) is 4.61. The highest BCUT2D eigenvalue weighted by Gasteiger charge is 2.20. The average Bonchev–Trinajstić information content (AvgIpc) is 3.14. The number of halogens is 1. The van der Waals surface area contributed by atoms with Crippen molar-refractivity contribution in [1.82, 2.24) is 14.8 Å². The number of para-hydroxylation sites is 2.